The normalized spacial score (nSPS) is 11.0. The fraction of sp³-hybridized carbons (Fsp3) is 0.0455. The molecule has 0 saturated carbocycles. The Morgan fingerprint density at radius 2 is 1.32 bits per heavy atom. The Hall–Kier alpha value is -3.25. The summed E-state index contributed by atoms with van der Waals surface area (Å²) in [5.74, 6) is -0.545. The lowest BCUT2D eigenvalue weighted by molar-refractivity contribution is 0.0951. The Kier molecular flexibility index (Phi) is 6.70. The van der Waals surface area contributed by atoms with Crippen molar-refractivity contribution in [1.29, 1.82) is 0 Å². The molecular weight excluding hydrogens is 418 g/mol. The summed E-state index contributed by atoms with van der Waals surface area (Å²) in [6.07, 6.45) is 0. The SMILES string of the molecule is O=C(N/N=C(/CNC(=O)c1ccccc1Br)c1ccccc1)c1ccccc1. The number of amides is 2. The van der Waals surface area contributed by atoms with Crippen molar-refractivity contribution in [2.24, 2.45) is 5.10 Å². The molecule has 0 heterocycles. The summed E-state index contributed by atoms with van der Waals surface area (Å²) in [6, 6.07) is 25.4. The molecule has 3 aromatic rings. The smallest absolute Gasteiger partial charge is 0.271 e. The average Bonchev–Trinajstić information content (AvgIpc) is 2.75. The van der Waals surface area contributed by atoms with E-state index in [0.717, 1.165) is 5.56 Å². The van der Waals surface area contributed by atoms with Crippen molar-refractivity contribution < 1.29 is 9.59 Å². The largest absolute Gasteiger partial charge is 0.346 e. The molecule has 2 N–H and O–H groups in total. The van der Waals surface area contributed by atoms with Crippen LogP contribution in [0.25, 0.3) is 0 Å². The predicted molar refractivity (Wildman–Crippen MR) is 113 cm³/mol. The van der Waals surface area contributed by atoms with E-state index < -0.39 is 0 Å². The summed E-state index contributed by atoms with van der Waals surface area (Å²) >= 11 is 3.38. The summed E-state index contributed by atoms with van der Waals surface area (Å²) in [4.78, 5) is 24.8. The number of rotatable bonds is 6. The molecule has 0 atom stereocenters. The second kappa shape index (κ2) is 9.62. The maximum atomic E-state index is 12.5. The van der Waals surface area contributed by atoms with E-state index in [0.29, 0.717) is 21.3 Å². The quantitative estimate of drug-likeness (QED) is 0.453. The van der Waals surface area contributed by atoms with Crippen LogP contribution in [-0.2, 0) is 0 Å². The minimum atomic E-state index is -0.314. The van der Waals surface area contributed by atoms with Gasteiger partial charge in [-0.3, -0.25) is 9.59 Å². The molecule has 6 heteroatoms. The van der Waals surface area contributed by atoms with Gasteiger partial charge >= 0.3 is 0 Å². The van der Waals surface area contributed by atoms with Gasteiger partial charge in [0, 0.05) is 10.0 Å². The van der Waals surface area contributed by atoms with Crippen LogP contribution >= 0.6 is 15.9 Å². The number of benzene rings is 3. The molecule has 140 valence electrons. The van der Waals surface area contributed by atoms with Gasteiger partial charge in [-0.05, 0) is 45.8 Å². The molecule has 0 saturated heterocycles. The zero-order valence-corrected chi connectivity index (χ0v) is 16.5. The number of halogens is 1. The van der Waals surface area contributed by atoms with Gasteiger partial charge in [0.2, 0.25) is 0 Å². The first-order valence-corrected chi connectivity index (χ1v) is 9.44. The van der Waals surface area contributed by atoms with Crippen molar-refractivity contribution in [1.82, 2.24) is 10.7 Å². The van der Waals surface area contributed by atoms with E-state index in [4.69, 9.17) is 0 Å². The lowest BCUT2D eigenvalue weighted by atomic mass is 10.1. The molecule has 0 radical (unpaired) electrons. The first kappa shape index (κ1) is 19.5. The zero-order chi connectivity index (χ0) is 19.8. The lowest BCUT2D eigenvalue weighted by Crippen LogP contribution is -2.32. The van der Waals surface area contributed by atoms with Gasteiger partial charge in [0.05, 0.1) is 17.8 Å². The first-order valence-electron chi connectivity index (χ1n) is 8.65. The van der Waals surface area contributed by atoms with E-state index in [9.17, 15) is 9.59 Å². The summed E-state index contributed by atoms with van der Waals surface area (Å²) < 4.78 is 0.711. The van der Waals surface area contributed by atoms with E-state index in [-0.39, 0.29) is 18.4 Å². The monoisotopic (exact) mass is 435 g/mol. The van der Waals surface area contributed by atoms with Crippen LogP contribution in [-0.4, -0.2) is 24.1 Å². The Balaban J connectivity index is 1.75. The van der Waals surface area contributed by atoms with Gasteiger partial charge in [0.25, 0.3) is 11.8 Å². The average molecular weight is 436 g/mol. The first-order chi connectivity index (χ1) is 13.6. The number of nitrogens with one attached hydrogen (secondary N) is 2. The van der Waals surface area contributed by atoms with E-state index in [1.54, 1.807) is 42.5 Å². The minimum absolute atomic E-state index is 0.166. The summed E-state index contributed by atoms with van der Waals surface area (Å²) in [5.41, 5.74) is 4.96. The number of nitrogens with zero attached hydrogens (tertiary/aromatic N) is 1. The highest BCUT2D eigenvalue weighted by molar-refractivity contribution is 9.10. The molecule has 3 rings (SSSR count). The van der Waals surface area contributed by atoms with Gasteiger partial charge in [-0.15, -0.1) is 0 Å². The van der Waals surface area contributed by atoms with Crippen LogP contribution in [0.15, 0.2) is 94.5 Å². The van der Waals surface area contributed by atoms with Crippen molar-refractivity contribution in [3.05, 3.63) is 106 Å². The number of hydrazone groups is 1. The third kappa shape index (κ3) is 5.14. The molecule has 0 bridgehead atoms. The molecule has 3 aromatic carbocycles. The molecule has 0 aliphatic carbocycles. The van der Waals surface area contributed by atoms with E-state index in [1.165, 1.54) is 0 Å². The van der Waals surface area contributed by atoms with Gasteiger partial charge in [-0.25, -0.2) is 5.43 Å². The second-order valence-electron chi connectivity index (χ2n) is 5.89. The Morgan fingerprint density at radius 1 is 0.750 bits per heavy atom. The van der Waals surface area contributed by atoms with Crippen molar-refractivity contribution in [3.63, 3.8) is 0 Å². The third-order valence-electron chi connectivity index (χ3n) is 3.97. The van der Waals surface area contributed by atoms with Crippen molar-refractivity contribution in [2.75, 3.05) is 6.54 Å². The topological polar surface area (TPSA) is 70.6 Å². The molecular formula is C22H18BrN3O2. The molecule has 0 aliphatic heterocycles. The number of carbonyl (C=O) groups excluding carboxylic acids is 2. The van der Waals surface area contributed by atoms with E-state index >= 15 is 0 Å². The van der Waals surface area contributed by atoms with Gasteiger partial charge < -0.3 is 5.32 Å². The van der Waals surface area contributed by atoms with Crippen LogP contribution in [0, 0.1) is 0 Å². The van der Waals surface area contributed by atoms with E-state index in [1.807, 2.05) is 42.5 Å². The molecule has 2 amide bonds. The van der Waals surface area contributed by atoms with Crippen molar-refractivity contribution in [3.8, 4) is 0 Å². The summed E-state index contributed by atoms with van der Waals surface area (Å²) in [6.45, 7) is 0.166. The standard InChI is InChI=1S/C22H18BrN3O2/c23-19-14-8-7-13-18(19)22(28)24-15-20(16-9-3-1-4-10-16)25-26-21(27)17-11-5-2-6-12-17/h1-14H,15H2,(H,24,28)(H,26,27)/b25-20-. The van der Waals surface area contributed by atoms with Crippen LogP contribution in [0.4, 0.5) is 0 Å². The highest BCUT2D eigenvalue weighted by Crippen LogP contribution is 2.15. The minimum Gasteiger partial charge on any atom is -0.346 e. The van der Waals surface area contributed by atoms with E-state index in [2.05, 4.69) is 31.8 Å². The molecule has 0 aromatic heterocycles. The van der Waals surface area contributed by atoms with Crippen LogP contribution in [0.3, 0.4) is 0 Å². The van der Waals surface area contributed by atoms with Crippen LogP contribution in [0.5, 0.6) is 0 Å². The zero-order valence-electron chi connectivity index (χ0n) is 14.9. The molecule has 28 heavy (non-hydrogen) atoms. The maximum absolute atomic E-state index is 12.5. The summed E-state index contributed by atoms with van der Waals surface area (Å²) in [7, 11) is 0. The third-order valence-corrected chi connectivity index (χ3v) is 4.66. The number of hydrogen-bond acceptors (Lipinski definition) is 3. The maximum Gasteiger partial charge on any atom is 0.271 e. The molecule has 0 aliphatic rings. The number of hydrogen-bond donors (Lipinski definition) is 2. The van der Waals surface area contributed by atoms with Gasteiger partial charge in [0.15, 0.2) is 0 Å². The molecule has 5 nitrogen and oxygen atoms in total. The Bertz CT molecular complexity index is 989. The van der Waals surface area contributed by atoms with Crippen LogP contribution in [0.1, 0.15) is 26.3 Å². The van der Waals surface area contributed by atoms with Gasteiger partial charge in [0.1, 0.15) is 0 Å². The predicted octanol–water partition coefficient (Wildman–Crippen LogP) is 4.01. The van der Waals surface area contributed by atoms with Crippen LogP contribution in [0.2, 0.25) is 0 Å². The second-order valence-corrected chi connectivity index (χ2v) is 6.75. The number of carbonyl (C=O) groups is 2. The highest BCUT2D eigenvalue weighted by atomic mass is 79.9. The van der Waals surface area contributed by atoms with Crippen molar-refractivity contribution >= 4 is 33.5 Å². The van der Waals surface area contributed by atoms with Crippen molar-refractivity contribution in [2.45, 2.75) is 0 Å². The highest BCUT2D eigenvalue weighted by Gasteiger charge is 2.12. The van der Waals surface area contributed by atoms with Crippen LogP contribution < -0.4 is 10.7 Å². The Labute approximate surface area is 171 Å². The molecule has 0 spiro atoms. The van der Waals surface area contributed by atoms with Gasteiger partial charge in [-0.2, -0.15) is 5.10 Å². The fourth-order valence-electron chi connectivity index (χ4n) is 2.51. The molecule has 0 fully saturated rings. The fourth-order valence-corrected chi connectivity index (χ4v) is 2.98. The van der Waals surface area contributed by atoms with Gasteiger partial charge in [-0.1, -0.05) is 60.7 Å². The molecule has 0 unspecified atom stereocenters. The lowest BCUT2D eigenvalue weighted by Gasteiger charge is -2.10. The Morgan fingerprint density at radius 3 is 1.96 bits per heavy atom. The summed E-state index contributed by atoms with van der Waals surface area (Å²) in [5, 5.41) is 7.10.